The van der Waals surface area contributed by atoms with Crippen LogP contribution in [0.25, 0.3) is 0 Å². The van der Waals surface area contributed by atoms with Crippen LogP contribution in [0.4, 0.5) is 0 Å². The summed E-state index contributed by atoms with van der Waals surface area (Å²) in [5.74, 6) is 2.80. The molecule has 3 rings (SSSR count). The highest BCUT2D eigenvalue weighted by Crippen LogP contribution is 2.32. The summed E-state index contributed by atoms with van der Waals surface area (Å²) in [6.07, 6.45) is 2.63. The maximum Gasteiger partial charge on any atom is 0.224 e. The molecule has 0 aliphatic carbocycles. The normalized spacial score (nSPS) is 13.8. The lowest BCUT2D eigenvalue weighted by atomic mass is 10.2. The van der Waals surface area contributed by atoms with Crippen molar-refractivity contribution in [3.63, 3.8) is 0 Å². The lowest BCUT2D eigenvalue weighted by molar-refractivity contribution is -0.130. The van der Waals surface area contributed by atoms with Gasteiger partial charge in [0.05, 0.1) is 13.2 Å². The summed E-state index contributed by atoms with van der Waals surface area (Å²) in [6, 6.07) is 11.5. The Kier molecular flexibility index (Phi) is 11.2. The number of pyridine rings is 1. The molecule has 1 amide bonds. The van der Waals surface area contributed by atoms with Gasteiger partial charge in [-0.3, -0.25) is 4.79 Å². The number of aliphatic imine (C=N–C) groups is 1. The van der Waals surface area contributed by atoms with E-state index in [1.165, 1.54) is 0 Å². The number of carbonyl (C=O) groups excluding carboxylic acids is 1. The van der Waals surface area contributed by atoms with E-state index in [0.717, 1.165) is 37.6 Å². The average Bonchev–Trinajstić information content (AvgIpc) is 2.82. The maximum absolute atomic E-state index is 11.6. The molecule has 1 aliphatic rings. The Labute approximate surface area is 213 Å². The molecule has 0 saturated carbocycles. The molecule has 2 aromatic rings. The number of halogens is 1. The number of amides is 1. The van der Waals surface area contributed by atoms with Crippen molar-refractivity contribution in [1.82, 2.24) is 20.1 Å². The number of guanidine groups is 1. The van der Waals surface area contributed by atoms with Crippen LogP contribution >= 0.6 is 24.0 Å². The van der Waals surface area contributed by atoms with Gasteiger partial charge in [-0.15, -0.1) is 24.0 Å². The first-order valence-corrected chi connectivity index (χ1v) is 11.2. The Balaban J connectivity index is 0.00000385. The quantitative estimate of drug-likeness (QED) is 0.296. The highest BCUT2D eigenvalue weighted by molar-refractivity contribution is 14.0. The first-order valence-electron chi connectivity index (χ1n) is 11.2. The maximum atomic E-state index is 11.6. The molecule has 0 unspecified atom stereocenters. The van der Waals surface area contributed by atoms with Crippen LogP contribution in [0, 0.1) is 0 Å². The van der Waals surface area contributed by atoms with Crippen LogP contribution in [-0.4, -0.2) is 66.0 Å². The molecule has 8 nitrogen and oxygen atoms in total. The van der Waals surface area contributed by atoms with Gasteiger partial charge in [0.15, 0.2) is 17.5 Å². The van der Waals surface area contributed by atoms with Crippen LogP contribution in [0.2, 0.25) is 0 Å². The first kappa shape index (κ1) is 26.7. The fourth-order valence-electron chi connectivity index (χ4n) is 3.43. The predicted molar refractivity (Wildman–Crippen MR) is 141 cm³/mol. The number of hydrogen-bond acceptors (Lipinski definition) is 5. The van der Waals surface area contributed by atoms with E-state index in [9.17, 15) is 4.79 Å². The molecular formula is C24H34IN5O3. The zero-order chi connectivity index (χ0) is 22.8. The van der Waals surface area contributed by atoms with Gasteiger partial charge in [-0.25, -0.2) is 9.98 Å². The summed E-state index contributed by atoms with van der Waals surface area (Å²) in [5, 5.41) is 3.36. The molecule has 9 heteroatoms. The van der Waals surface area contributed by atoms with E-state index in [1.54, 1.807) is 13.1 Å². The number of nitrogens with zero attached hydrogens (tertiary/aromatic N) is 4. The number of piperazine rings is 1. The zero-order valence-corrected chi connectivity index (χ0v) is 22.0. The topological polar surface area (TPSA) is 79.3 Å². The summed E-state index contributed by atoms with van der Waals surface area (Å²) in [4.78, 5) is 24.9. The van der Waals surface area contributed by atoms with Crippen LogP contribution in [0.3, 0.4) is 0 Å². The largest absolute Gasteiger partial charge is 0.490 e. The highest BCUT2D eigenvalue weighted by Gasteiger charge is 2.21. The fourth-order valence-corrected chi connectivity index (χ4v) is 3.43. The predicted octanol–water partition coefficient (Wildman–Crippen LogP) is 3.91. The van der Waals surface area contributed by atoms with Gasteiger partial charge in [-0.2, -0.15) is 0 Å². The Hall–Kier alpha value is -2.56. The number of aromatic nitrogens is 1. The van der Waals surface area contributed by atoms with Crippen molar-refractivity contribution >= 4 is 35.8 Å². The second-order valence-electron chi connectivity index (χ2n) is 7.53. The molecule has 0 atom stereocenters. The second kappa shape index (κ2) is 13.9. The van der Waals surface area contributed by atoms with Gasteiger partial charge in [0.1, 0.15) is 0 Å². The third-order valence-corrected chi connectivity index (χ3v) is 5.13. The third kappa shape index (κ3) is 7.76. The monoisotopic (exact) mass is 567 g/mol. The summed E-state index contributed by atoms with van der Waals surface area (Å²) in [6.45, 7) is 10.5. The van der Waals surface area contributed by atoms with Gasteiger partial charge in [-0.05, 0) is 31.5 Å². The van der Waals surface area contributed by atoms with Crippen molar-refractivity contribution in [2.24, 2.45) is 4.99 Å². The molecule has 33 heavy (non-hydrogen) atoms. The molecule has 2 heterocycles. The van der Waals surface area contributed by atoms with Crippen LogP contribution in [0.1, 0.15) is 32.8 Å². The minimum absolute atomic E-state index is 0. The van der Waals surface area contributed by atoms with Crippen LogP contribution in [0.15, 0.2) is 47.6 Å². The lowest BCUT2D eigenvalue weighted by Crippen LogP contribution is -2.53. The van der Waals surface area contributed by atoms with Crippen molar-refractivity contribution in [1.29, 1.82) is 0 Å². The molecule has 1 aromatic heterocycles. The van der Waals surface area contributed by atoms with E-state index < -0.39 is 0 Å². The molecule has 1 N–H and O–H groups in total. The Morgan fingerprint density at radius 3 is 2.42 bits per heavy atom. The number of nitrogens with one attached hydrogen (secondary N) is 1. The number of rotatable bonds is 8. The number of carbonyl (C=O) groups is 1. The summed E-state index contributed by atoms with van der Waals surface area (Å²) < 4.78 is 11.9. The van der Waals surface area contributed by atoms with Gasteiger partial charge in [0.2, 0.25) is 11.8 Å². The van der Waals surface area contributed by atoms with Crippen molar-refractivity contribution < 1.29 is 14.3 Å². The molecule has 1 aliphatic heterocycles. The number of benzene rings is 1. The summed E-state index contributed by atoms with van der Waals surface area (Å²) in [7, 11) is 0. The molecule has 1 saturated heterocycles. The van der Waals surface area contributed by atoms with Crippen LogP contribution in [-0.2, 0) is 11.3 Å². The van der Waals surface area contributed by atoms with E-state index in [1.807, 2.05) is 48.2 Å². The zero-order valence-electron chi connectivity index (χ0n) is 19.6. The SMILES string of the molecule is CCCOc1ccccc1Oc1ncccc1CN=C(NCC)N1CCN(C(C)=O)CC1.I. The van der Waals surface area contributed by atoms with Gasteiger partial charge < -0.3 is 24.6 Å². The van der Waals surface area contributed by atoms with Gasteiger partial charge >= 0.3 is 0 Å². The Morgan fingerprint density at radius 2 is 1.76 bits per heavy atom. The minimum atomic E-state index is 0. The Morgan fingerprint density at radius 1 is 1.06 bits per heavy atom. The summed E-state index contributed by atoms with van der Waals surface area (Å²) in [5.41, 5.74) is 0.885. The average molecular weight is 567 g/mol. The van der Waals surface area contributed by atoms with Crippen LogP contribution in [0.5, 0.6) is 17.4 Å². The molecule has 1 aromatic carbocycles. The number of para-hydroxylation sites is 2. The summed E-state index contributed by atoms with van der Waals surface area (Å²) >= 11 is 0. The molecule has 0 bridgehead atoms. The van der Waals surface area contributed by atoms with Gasteiger partial charge in [0, 0.05) is 51.4 Å². The minimum Gasteiger partial charge on any atom is -0.490 e. The van der Waals surface area contributed by atoms with E-state index in [0.29, 0.717) is 43.6 Å². The number of ether oxygens (including phenoxy) is 2. The molecule has 1 fully saturated rings. The van der Waals surface area contributed by atoms with Crippen molar-refractivity contribution in [3.05, 3.63) is 48.2 Å². The van der Waals surface area contributed by atoms with E-state index in [4.69, 9.17) is 14.5 Å². The van der Waals surface area contributed by atoms with Crippen molar-refractivity contribution in [3.8, 4) is 17.4 Å². The van der Waals surface area contributed by atoms with Crippen LogP contribution < -0.4 is 14.8 Å². The number of hydrogen-bond donors (Lipinski definition) is 1. The standard InChI is InChI=1S/C24H33N5O3.HI/c1-4-17-31-21-10-6-7-11-22(21)32-23-20(9-8-12-26-23)18-27-24(25-5-2)29-15-13-28(14-16-29)19(3)30;/h6-12H,4-5,13-18H2,1-3H3,(H,25,27);1H. The third-order valence-electron chi connectivity index (χ3n) is 5.13. The molecule has 0 radical (unpaired) electrons. The van der Waals surface area contributed by atoms with Gasteiger partial charge in [0.25, 0.3) is 0 Å². The van der Waals surface area contributed by atoms with Crippen molar-refractivity contribution in [2.75, 3.05) is 39.3 Å². The fraction of sp³-hybridized carbons (Fsp3) is 0.458. The van der Waals surface area contributed by atoms with E-state index in [2.05, 4.69) is 22.1 Å². The Bertz CT molecular complexity index is 916. The second-order valence-corrected chi connectivity index (χ2v) is 7.53. The molecule has 0 spiro atoms. The molecule has 180 valence electrons. The lowest BCUT2D eigenvalue weighted by Gasteiger charge is -2.36. The molecular weight excluding hydrogens is 533 g/mol. The smallest absolute Gasteiger partial charge is 0.224 e. The highest BCUT2D eigenvalue weighted by atomic mass is 127. The first-order chi connectivity index (χ1) is 15.6. The van der Waals surface area contributed by atoms with Crippen molar-refractivity contribution in [2.45, 2.75) is 33.7 Å². The van der Waals surface area contributed by atoms with E-state index in [-0.39, 0.29) is 29.9 Å². The van der Waals surface area contributed by atoms with Gasteiger partial charge in [-0.1, -0.05) is 25.1 Å². The van der Waals surface area contributed by atoms with E-state index >= 15 is 0 Å².